The van der Waals surface area contributed by atoms with Crippen LogP contribution in [-0.2, 0) is 0 Å². The van der Waals surface area contributed by atoms with Crippen LogP contribution in [0.4, 0.5) is 5.69 Å². The molecule has 0 heterocycles. The fourth-order valence-corrected chi connectivity index (χ4v) is 2.12. The first-order chi connectivity index (χ1) is 9.63. The standard InChI is InChI=1S/C15H16BrNO3/c1-3-19-15-9-11(4-6-13(15)17)20-14-7-5-10(18-2)8-12(14)16/h4-9H,3,17H2,1-2H3. The highest BCUT2D eigenvalue weighted by Crippen LogP contribution is 2.35. The Hall–Kier alpha value is -1.88. The first-order valence-electron chi connectivity index (χ1n) is 6.17. The van der Waals surface area contributed by atoms with Gasteiger partial charge in [-0.25, -0.2) is 0 Å². The summed E-state index contributed by atoms with van der Waals surface area (Å²) in [7, 11) is 1.62. The van der Waals surface area contributed by atoms with Crippen molar-refractivity contribution >= 4 is 21.6 Å². The van der Waals surface area contributed by atoms with Crippen molar-refractivity contribution < 1.29 is 14.2 Å². The number of rotatable bonds is 5. The summed E-state index contributed by atoms with van der Waals surface area (Å²) in [6, 6.07) is 10.8. The summed E-state index contributed by atoms with van der Waals surface area (Å²) < 4.78 is 17.2. The van der Waals surface area contributed by atoms with Crippen molar-refractivity contribution in [3.05, 3.63) is 40.9 Å². The van der Waals surface area contributed by atoms with E-state index in [4.69, 9.17) is 19.9 Å². The number of nitrogens with two attached hydrogens (primary N) is 1. The van der Waals surface area contributed by atoms with Crippen LogP contribution in [0.5, 0.6) is 23.0 Å². The highest BCUT2D eigenvalue weighted by Gasteiger charge is 2.07. The second kappa shape index (κ2) is 6.52. The summed E-state index contributed by atoms with van der Waals surface area (Å²) in [6.45, 7) is 2.47. The van der Waals surface area contributed by atoms with Crippen molar-refractivity contribution in [1.29, 1.82) is 0 Å². The highest BCUT2D eigenvalue weighted by molar-refractivity contribution is 9.10. The van der Waals surface area contributed by atoms with E-state index in [2.05, 4.69) is 15.9 Å². The molecular formula is C15H16BrNO3. The van der Waals surface area contributed by atoms with Crippen LogP contribution in [0.3, 0.4) is 0 Å². The molecular weight excluding hydrogens is 322 g/mol. The number of hydrogen-bond acceptors (Lipinski definition) is 4. The minimum absolute atomic E-state index is 0.555. The summed E-state index contributed by atoms with van der Waals surface area (Å²) in [6.07, 6.45) is 0. The van der Waals surface area contributed by atoms with E-state index in [0.717, 1.165) is 10.2 Å². The highest BCUT2D eigenvalue weighted by atomic mass is 79.9. The molecule has 0 spiro atoms. The van der Waals surface area contributed by atoms with E-state index < -0.39 is 0 Å². The van der Waals surface area contributed by atoms with Crippen molar-refractivity contribution in [2.75, 3.05) is 19.5 Å². The molecule has 2 rings (SSSR count). The third kappa shape index (κ3) is 3.36. The van der Waals surface area contributed by atoms with Gasteiger partial charge in [0.05, 0.1) is 23.9 Å². The molecule has 2 N–H and O–H groups in total. The van der Waals surface area contributed by atoms with Crippen LogP contribution in [0.1, 0.15) is 6.92 Å². The van der Waals surface area contributed by atoms with Gasteiger partial charge in [-0.1, -0.05) is 0 Å². The SMILES string of the molecule is CCOc1cc(Oc2ccc(OC)cc2Br)ccc1N. The molecule has 0 amide bonds. The van der Waals surface area contributed by atoms with Crippen molar-refractivity contribution in [3.8, 4) is 23.0 Å². The molecule has 4 nitrogen and oxygen atoms in total. The maximum Gasteiger partial charge on any atom is 0.145 e. The minimum Gasteiger partial charge on any atom is -0.497 e. The summed E-state index contributed by atoms with van der Waals surface area (Å²) >= 11 is 3.45. The van der Waals surface area contributed by atoms with E-state index in [-0.39, 0.29) is 0 Å². The predicted molar refractivity (Wildman–Crippen MR) is 82.8 cm³/mol. The van der Waals surface area contributed by atoms with Crippen molar-refractivity contribution in [2.24, 2.45) is 0 Å². The quantitative estimate of drug-likeness (QED) is 0.829. The lowest BCUT2D eigenvalue weighted by Gasteiger charge is -2.12. The van der Waals surface area contributed by atoms with E-state index in [1.807, 2.05) is 25.1 Å². The fraction of sp³-hybridized carbons (Fsp3) is 0.200. The number of ether oxygens (including phenoxy) is 3. The Bertz CT molecular complexity index is 602. The van der Waals surface area contributed by atoms with Crippen LogP contribution >= 0.6 is 15.9 Å². The van der Waals surface area contributed by atoms with Crippen molar-refractivity contribution in [3.63, 3.8) is 0 Å². The Balaban J connectivity index is 2.23. The van der Waals surface area contributed by atoms with Gasteiger partial charge < -0.3 is 19.9 Å². The molecule has 20 heavy (non-hydrogen) atoms. The molecule has 0 aliphatic carbocycles. The van der Waals surface area contributed by atoms with Gasteiger partial charge in [-0.2, -0.15) is 0 Å². The average molecular weight is 338 g/mol. The summed E-state index contributed by atoms with van der Waals surface area (Å²) in [5.41, 5.74) is 6.42. The van der Waals surface area contributed by atoms with Gasteiger partial charge in [0.25, 0.3) is 0 Å². The Kier molecular flexibility index (Phi) is 4.74. The zero-order valence-electron chi connectivity index (χ0n) is 11.4. The van der Waals surface area contributed by atoms with Gasteiger partial charge in [0.2, 0.25) is 0 Å². The maximum atomic E-state index is 5.83. The topological polar surface area (TPSA) is 53.7 Å². The Morgan fingerprint density at radius 3 is 2.45 bits per heavy atom. The van der Waals surface area contributed by atoms with E-state index in [1.54, 1.807) is 25.3 Å². The Labute approximate surface area is 126 Å². The van der Waals surface area contributed by atoms with Gasteiger partial charge in [-0.3, -0.25) is 0 Å². The van der Waals surface area contributed by atoms with E-state index in [1.165, 1.54) is 0 Å². The molecule has 0 saturated carbocycles. The third-order valence-corrected chi connectivity index (χ3v) is 3.27. The maximum absolute atomic E-state index is 5.83. The lowest BCUT2D eigenvalue weighted by atomic mass is 10.2. The second-order valence-corrected chi connectivity index (χ2v) is 4.89. The summed E-state index contributed by atoms with van der Waals surface area (Å²) in [4.78, 5) is 0. The zero-order chi connectivity index (χ0) is 14.5. The summed E-state index contributed by atoms with van der Waals surface area (Å²) in [5, 5.41) is 0. The number of halogens is 1. The van der Waals surface area contributed by atoms with Crippen LogP contribution in [0.25, 0.3) is 0 Å². The number of hydrogen-bond donors (Lipinski definition) is 1. The minimum atomic E-state index is 0.555. The predicted octanol–water partition coefficient (Wildman–Crippen LogP) is 4.23. The normalized spacial score (nSPS) is 10.2. The molecule has 0 radical (unpaired) electrons. The Morgan fingerprint density at radius 2 is 1.80 bits per heavy atom. The summed E-state index contributed by atoms with van der Waals surface area (Å²) in [5.74, 6) is 2.73. The average Bonchev–Trinajstić information content (AvgIpc) is 2.45. The lowest BCUT2D eigenvalue weighted by Crippen LogP contribution is -1.97. The molecule has 0 fully saturated rings. The second-order valence-electron chi connectivity index (χ2n) is 4.03. The lowest BCUT2D eigenvalue weighted by molar-refractivity contribution is 0.340. The molecule has 0 saturated heterocycles. The van der Waals surface area contributed by atoms with E-state index >= 15 is 0 Å². The van der Waals surface area contributed by atoms with Crippen LogP contribution in [0.15, 0.2) is 40.9 Å². The number of nitrogen functional groups attached to an aromatic ring is 1. The van der Waals surface area contributed by atoms with Gasteiger partial charge in [0, 0.05) is 6.07 Å². The molecule has 0 aliphatic rings. The molecule has 5 heteroatoms. The molecule has 0 atom stereocenters. The molecule has 2 aromatic rings. The molecule has 106 valence electrons. The van der Waals surface area contributed by atoms with Crippen LogP contribution in [0.2, 0.25) is 0 Å². The van der Waals surface area contributed by atoms with Crippen LogP contribution in [-0.4, -0.2) is 13.7 Å². The number of methoxy groups -OCH3 is 1. The van der Waals surface area contributed by atoms with Crippen LogP contribution < -0.4 is 19.9 Å². The number of anilines is 1. The largest absolute Gasteiger partial charge is 0.497 e. The van der Waals surface area contributed by atoms with Gasteiger partial charge >= 0.3 is 0 Å². The first-order valence-corrected chi connectivity index (χ1v) is 6.97. The smallest absolute Gasteiger partial charge is 0.145 e. The molecule has 2 aromatic carbocycles. The molecule has 0 aliphatic heterocycles. The fourth-order valence-electron chi connectivity index (χ4n) is 1.68. The van der Waals surface area contributed by atoms with Gasteiger partial charge in [0.1, 0.15) is 23.0 Å². The molecule has 0 bridgehead atoms. The van der Waals surface area contributed by atoms with E-state index in [0.29, 0.717) is 29.5 Å². The first kappa shape index (κ1) is 14.5. The Morgan fingerprint density at radius 1 is 1.05 bits per heavy atom. The number of benzene rings is 2. The van der Waals surface area contributed by atoms with Gasteiger partial charge in [-0.15, -0.1) is 0 Å². The zero-order valence-corrected chi connectivity index (χ0v) is 12.9. The third-order valence-electron chi connectivity index (χ3n) is 2.65. The van der Waals surface area contributed by atoms with E-state index in [9.17, 15) is 0 Å². The van der Waals surface area contributed by atoms with Crippen LogP contribution in [0, 0.1) is 0 Å². The molecule has 0 unspecified atom stereocenters. The van der Waals surface area contributed by atoms with Crippen molar-refractivity contribution in [1.82, 2.24) is 0 Å². The van der Waals surface area contributed by atoms with Gasteiger partial charge in [-0.05, 0) is 53.2 Å². The molecule has 0 aromatic heterocycles. The van der Waals surface area contributed by atoms with Gasteiger partial charge in [0.15, 0.2) is 0 Å². The monoisotopic (exact) mass is 337 g/mol. The van der Waals surface area contributed by atoms with Crippen molar-refractivity contribution in [2.45, 2.75) is 6.92 Å².